The Hall–Kier alpha value is -4.24. The minimum atomic E-state index is -1.30. The number of carbonyl (C=O) groups is 3. The van der Waals surface area contributed by atoms with Crippen LogP contribution in [-0.2, 0) is 0 Å². The van der Waals surface area contributed by atoms with Crippen LogP contribution in [-0.4, -0.2) is 28.3 Å². The summed E-state index contributed by atoms with van der Waals surface area (Å²) in [6.45, 7) is 0. The summed E-state index contributed by atoms with van der Waals surface area (Å²) in [6, 6.07) is 12.3. The molecule has 0 bridgehead atoms. The highest BCUT2D eigenvalue weighted by molar-refractivity contribution is 7.17. The van der Waals surface area contributed by atoms with E-state index in [0.717, 1.165) is 28.6 Å². The Kier molecular flexibility index (Phi) is 6.05. The number of carboxylic acids is 1. The van der Waals surface area contributed by atoms with Crippen molar-refractivity contribution in [3.63, 3.8) is 0 Å². The van der Waals surface area contributed by atoms with Crippen molar-refractivity contribution in [2.45, 2.75) is 0 Å². The van der Waals surface area contributed by atoms with Crippen LogP contribution in [0.4, 0.5) is 14.5 Å². The highest BCUT2D eigenvalue weighted by Gasteiger charge is 2.21. The van der Waals surface area contributed by atoms with Crippen molar-refractivity contribution >= 4 is 35.2 Å². The molecule has 4 rings (SSSR count). The lowest BCUT2D eigenvalue weighted by molar-refractivity contribution is 0.0697. The Bertz CT molecular complexity index is 1370. The van der Waals surface area contributed by atoms with E-state index in [1.807, 2.05) is 6.07 Å². The molecule has 6 nitrogen and oxygen atoms in total. The zero-order valence-electron chi connectivity index (χ0n) is 16.7. The first kappa shape index (κ1) is 22.0. The number of rotatable bonds is 6. The van der Waals surface area contributed by atoms with E-state index in [4.69, 9.17) is 0 Å². The molecule has 0 saturated heterocycles. The highest BCUT2D eigenvalue weighted by Crippen LogP contribution is 2.38. The number of hydrogen-bond donors (Lipinski definition) is 2. The second-order valence-electron chi connectivity index (χ2n) is 6.86. The molecule has 0 saturated carbocycles. The van der Waals surface area contributed by atoms with Gasteiger partial charge in [-0.1, -0.05) is 18.2 Å². The maximum atomic E-state index is 13.9. The van der Waals surface area contributed by atoms with Gasteiger partial charge in [0, 0.05) is 34.1 Å². The number of aldehydes is 1. The molecule has 0 unspecified atom stereocenters. The largest absolute Gasteiger partial charge is 0.478 e. The molecule has 0 aliphatic rings. The number of benzene rings is 2. The van der Waals surface area contributed by atoms with E-state index in [9.17, 15) is 28.3 Å². The normalized spacial score (nSPS) is 10.6. The second kappa shape index (κ2) is 9.09. The van der Waals surface area contributed by atoms with E-state index in [2.05, 4.69) is 10.3 Å². The van der Waals surface area contributed by atoms with E-state index in [1.165, 1.54) is 29.5 Å². The molecule has 0 aliphatic heterocycles. The van der Waals surface area contributed by atoms with Gasteiger partial charge in [-0.15, -0.1) is 11.3 Å². The fraction of sp³-hybridized carbons (Fsp3) is 0. The first-order valence-electron chi connectivity index (χ1n) is 9.51. The van der Waals surface area contributed by atoms with Crippen molar-refractivity contribution in [2.24, 2.45) is 0 Å². The molecule has 9 heteroatoms. The van der Waals surface area contributed by atoms with Crippen LogP contribution >= 0.6 is 11.3 Å². The predicted octanol–water partition coefficient (Wildman–Crippen LogP) is 5.52. The van der Waals surface area contributed by atoms with Gasteiger partial charge >= 0.3 is 5.97 Å². The van der Waals surface area contributed by atoms with E-state index in [1.54, 1.807) is 24.5 Å². The Labute approximate surface area is 190 Å². The van der Waals surface area contributed by atoms with E-state index in [0.29, 0.717) is 16.7 Å². The molecule has 0 spiro atoms. The molecule has 2 N–H and O–H groups in total. The summed E-state index contributed by atoms with van der Waals surface area (Å²) in [6.07, 6.45) is 3.88. The maximum Gasteiger partial charge on any atom is 0.336 e. The van der Waals surface area contributed by atoms with Crippen molar-refractivity contribution < 1.29 is 28.3 Å². The SMILES string of the molecule is O=Cc1sc(-c2cccnc2)cc1-c1ccc(NC(=O)c2c(F)cccc2F)cc1C(=O)O. The van der Waals surface area contributed by atoms with Crippen LogP contribution in [0.5, 0.6) is 0 Å². The van der Waals surface area contributed by atoms with Crippen LogP contribution < -0.4 is 5.32 Å². The van der Waals surface area contributed by atoms with Crippen LogP contribution in [0.1, 0.15) is 30.4 Å². The average molecular weight is 464 g/mol. The van der Waals surface area contributed by atoms with Gasteiger partial charge in [-0.3, -0.25) is 14.6 Å². The number of hydrogen-bond acceptors (Lipinski definition) is 5. The number of carbonyl (C=O) groups excluding carboxylic acids is 2. The van der Waals surface area contributed by atoms with Crippen LogP contribution in [0.15, 0.2) is 67.0 Å². The van der Waals surface area contributed by atoms with Gasteiger partial charge in [-0.05, 0) is 42.0 Å². The third-order valence-electron chi connectivity index (χ3n) is 4.80. The number of pyridine rings is 1. The number of halogens is 2. The summed E-state index contributed by atoms with van der Waals surface area (Å²) < 4.78 is 27.8. The van der Waals surface area contributed by atoms with Crippen LogP contribution in [0.25, 0.3) is 21.6 Å². The Morgan fingerprint density at radius 1 is 1.00 bits per heavy atom. The molecular formula is C24H14F2N2O4S. The zero-order chi connectivity index (χ0) is 23.5. The minimum Gasteiger partial charge on any atom is -0.478 e. The number of aromatic nitrogens is 1. The minimum absolute atomic E-state index is 0.0270. The van der Waals surface area contributed by atoms with Crippen molar-refractivity contribution in [1.82, 2.24) is 4.98 Å². The topological polar surface area (TPSA) is 96.4 Å². The lowest BCUT2D eigenvalue weighted by Gasteiger charge is -2.11. The predicted molar refractivity (Wildman–Crippen MR) is 120 cm³/mol. The van der Waals surface area contributed by atoms with E-state index in [-0.39, 0.29) is 16.8 Å². The summed E-state index contributed by atoms with van der Waals surface area (Å²) in [5.74, 6) is -4.44. The van der Waals surface area contributed by atoms with Crippen LogP contribution in [0, 0.1) is 11.6 Å². The molecule has 0 fully saturated rings. The summed E-state index contributed by atoms with van der Waals surface area (Å²) in [5.41, 5.74) is 0.486. The number of thiophene rings is 1. The second-order valence-corrected chi connectivity index (χ2v) is 7.95. The van der Waals surface area contributed by atoms with Crippen molar-refractivity contribution in [2.75, 3.05) is 5.32 Å². The lowest BCUT2D eigenvalue weighted by Crippen LogP contribution is -2.16. The first-order valence-corrected chi connectivity index (χ1v) is 10.3. The molecule has 2 aromatic carbocycles. The molecule has 33 heavy (non-hydrogen) atoms. The lowest BCUT2D eigenvalue weighted by atomic mass is 9.98. The number of anilines is 1. The van der Waals surface area contributed by atoms with E-state index >= 15 is 0 Å². The molecular weight excluding hydrogens is 450 g/mol. The maximum absolute atomic E-state index is 13.9. The van der Waals surface area contributed by atoms with Crippen LogP contribution in [0.3, 0.4) is 0 Å². The first-order chi connectivity index (χ1) is 15.9. The monoisotopic (exact) mass is 464 g/mol. The Morgan fingerprint density at radius 3 is 2.39 bits per heavy atom. The fourth-order valence-corrected chi connectivity index (χ4v) is 4.28. The smallest absolute Gasteiger partial charge is 0.336 e. The molecule has 4 aromatic rings. The van der Waals surface area contributed by atoms with Gasteiger partial charge in [0.25, 0.3) is 5.91 Å². The summed E-state index contributed by atoms with van der Waals surface area (Å²) in [4.78, 5) is 41.1. The van der Waals surface area contributed by atoms with Gasteiger partial charge in [0.2, 0.25) is 0 Å². The molecule has 164 valence electrons. The number of nitrogens with zero attached hydrogens (tertiary/aromatic N) is 1. The summed E-state index contributed by atoms with van der Waals surface area (Å²) >= 11 is 1.19. The molecule has 2 heterocycles. The van der Waals surface area contributed by atoms with Crippen LogP contribution in [0.2, 0.25) is 0 Å². The van der Waals surface area contributed by atoms with Gasteiger partial charge in [0.15, 0.2) is 6.29 Å². The molecule has 2 aromatic heterocycles. The van der Waals surface area contributed by atoms with Crippen molar-refractivity contribution in [1.29, 1.82) is 0 Å². The Balaban J connectivity index is 1.73. The molecule has 0 radical (unpaired) electrons. The van der Waals surface area contributed by atoms with Gasteiger partial charge in [-0.2, -0.15) is 0 Å². The van der Waals surface area contributed by atoms with Crippen molar-refractivity contribution in [3.8, 4) is 21.6 Å². The average Bonchev–Trinajstić information content (AvgIpc) is 3.24. The van der Waals surface area contributed by atoms with E-state index < -0.39 is 29.1 Å². The van der Waals surface area contributed by atoms with Crippen molar-refractivity contribution in [3.05, 3.63) is 94.6 Å². The molecule has 0 aliphatic carbocycles. The van der Waals surface area contributed by atoms with Gasteiger partial charge in [0.05, 0.1) is 10.4 Å². The van der Waals surface area contributed by atoms with Gasteiger partial charge in [0.1, 0.15) is 17.2 Å². The van der Waals surface area contributed by atoms with Gasteiger partial charge in [-0.25, -0.2) is 13.6 Å². The number of carboxylic acid groups (broad SMARTS) is 1. The fourth-order valence-electron chi connectivity index (χ4n) is 3.30. The standard InChI is InChI=1S/C24H14F2N2O4S/c25-18-4-1-5-19(26)22(18)23(30)28-14-6-7-15(17(9-14)24(31)32)16-10-20(33-21(16)12-29)13-3-2-8-27-11-13/h1-12H,(H,28,30)(H,31,32). The quantitative estimate of drug-likeness (QED) is 0.367. The van der Waals surface area contributed by atoms with Gasteiger partial charge < -0.3 is 10.4 Å². The summed E-state index contributed by atoms with van der Waals surface area (Å²) in [7, 11) is 0. The third-order valence-corrected chi connectivity index (χ3v) is 5.91. The molecule has 0 atom stereocenters. The highest BCUT2D eigenvalue weighted by atomic mass is 32.1. The number of amides is 1. The third kappa shape index (κ3) is 4.39. The number of aromatic carboxylic acids is 1. The zero-order valence-corrected chi connectivity index (χ0v) is 17.5. The molecule has 1 amide bonds. The Morgan fingerprint density at radius 2 is 1.76 bits per heavy atom. The number of nitrogens with one attached hydrogen (secondary N) is 1. The summed E-state index contributed by atoms with van der Waals surface area (Å²) in [5, 5.41) is 12.1.